The van der Waals surface area contributed by atoms with Crippen LogP contribution in [0.2, 0.25) is 0 Å². The van der Waals surface area contributed by atoms with E-state index in [9.17, 15) is 0 Å². The van der Waals surface area contributed by atoms with Crippen molar-refractivity contribution in [2.75, 3.05) is 198 Å². The molecule has 0 aliphatic heterocycles. The molecular formula is C86H183N7O21. The summed E-state index contributed by atoms with van der Waals surface area (Å²) in [5, 5.41) is 0. The van der Waals surface area contributed by atoms with Crippen molar-refractivity contribution >= 4 is 0 Å². The van der Waals surface area contributed by atoms with Crippen LogP contribution in [-0.2, 0) is 99.5 Å². The first kappa shape index (κ1) is 115. The first-order valence-corrected chi connectivity index (χ1v) is 45.1. The van der Waals surface area contributed by atoms with Gasteiger partial charge in [0.15, 0.2) is 0 Å². The molecule has 20 atom stereocenters. The number of rotatable bonds is 88. The Balaban J connectivity index is 0. The lowest BCUT2D eigenvalue weighted by atomic mass is 10.1. The fraction of sp³-hybridized carbons (Fsp3) is 1.00. The third-order valence-electron chi connectivity index (χ3n) is 20.0. The summed E-state index contributed by atoms with van der Waals surface area (Å²) in [6.45, 7) is 49.5. The first-order chi connectivity index (χ1) is 55.3. The van der Waals surface area contributed by atoms with Gasteiger partial charge in [-0.3, -0.25) is 0 Å². The monoisotopic (exact) mass is 1650 g/mol. The maximum absolute atomic E-state index is 6.49. The Morgan fingerprint density at radius 2 is 0.316 bits per heavy atom. The highest BCUT2D eigenvalue weighted by atomic mass is 16.6. The van der Waals surface area contributed by atoms with E-state index in [-0.39, 0.29) is 116 Å². The molecule has 0 fully saturated rings. The van der Waals surface area contributed by atoms with Crippen LogP contribution in [0.1, 0.15) is 240 Å². The van der Waals surface area contributed by atoms with E-state index in [0.717, 1.165) is 129 Å². The molecule has 0 aliphatic rings. The molecule has 20 unspecified atom stereocenters. The van der Waals surface area contributed by atoms with E-state index in [4.69, 9.17) is 140 Å². The van der Waals surface area contributed by atoms with E-state index < -0.39 is 0 Å². The Morgan fingerprint density at radius 3 is 0.482 bits per heavy atom. The predicted molar refractivity (Wildman–Crippen MR) is 458 cm³/mol. The van der Waals surface area contributed by atoms with Gasteiger partial charge in [0, 0.05) is 50.6 Å². The van der Waals surface area contributed by atoms with E-state index in [1.54, 1.807) is 0 Å². The Kier molecular flexibility index (Phi) is 83.5. The van der Waals surface area contributed by atoms with Gasteiger partial charge < -0.3 is 140 Å². The second-order valence-corrected chi connectivity index (χ2v) is 30.3. The number of hydrogen-bond acceptors (Lipinski definition) is 28. The molecule has 0 heterocycles. The van der Waals surface area contributed by atoms with Gasteiger partial charge >= 0.3 is 0 Å². The zero-order valence-corrected chi connectivity index (χ0v) is 75.8. The summed E-state index contributed by atoms with van der Waals surface area (Å²) in [6.07, 6.45) is 14.3. The summed E-state index contributed by atoms with van der Waals surface area (Å²) in [5.74, 6) is 0.500. The van der Waals surface area contributed by atoms with Crippen molar-refractivity contribution in [3.05, 3.63) is 0 Å². The van der Waals surface area contributed by atoms with Crippen molar-refractivity contribution in [1.29, 1.82) is 0 Å². The summed E-state index contributed by atoms with van der Waals surface area (Å²) >= 11 is 0. The molecule has 0 aromatic rings. The van der Waals surface area contributed by atoms with Gasteiger partial charge in [-0.25, -0.2) is 0 Å². The summed E-state index contributed by atoms with van der Waals surface area (Å²) in [6, 6.07) is 0.0351. The molecule has 28 nitrogen and oxygen atoms in total. The van der Waals surface area contributed by atoms with Crippen molar-refractivity contribution in [1.82, 2.24) is 0 Å². The largest absolute Gasteiger partial charge is 0.376 e. The summed E-state index contributed by atoms with van der Waals surface area (Å²) in [4.78, 5) is 0. The van der Waals surface area contributed by atoms with Crippen LogP contribution in [0, 0.1) is 5.92 Å². The van der Waals surface area contributed by atoms with Crippen molar-refractivity contribution < 1.29 is 99.5 Å². The van der Waals surface area contributed by atoms with E-state index in [1.807, 2.05) is 0 Å². The van der Waals surface area contributed by atoms with Gasteiger partial charge in [0.05, 0.1) is 219 Å². The molecule has 0 radical (unpaired) electrons. The molecule has 0 spiro atoms. The fourth-order valence-electron chi connectivity index (χ4n) is 10.3. The molecule has 0 rings (SSSR count). The van der Waals surface area contributed by atoms with Crippen LogP contribution >= 0.6 is 0 Å². The third kappa shape index (κ3) is 66.5. The molecule has 0 aromatic carbocycles. The highest BCUT2D eigenvalue weighted by Crippen LogP contribution is 2.16. The Bertz CT molecular complexity index is 1880. The first-order valence-electron chi connectivity index (χ1n) is 45.1. The molecule has 0 aromatic heterocycles. The van der Waals surface area contributed by atoms with Crippen LogP contribution in [0.15, 0.2) is 0 Å². The third-order valence-corrected chi connectivity index (χ3v) is 20.0. The lowest BCUT2D eigenvalue weighted by Gasteiger charge is -2.27. The van der Waals surface area contributed by atoms with Gasteiger partial charge in [0.25, 0.3) is 0 Å². The topological polar surface area (TPSA) is 376 Å². The minimum Gasteiger partial charge on any atom is -0.376 e. The highest BCUT2D eigenvalue weighted by molar-refractivity contribution is 4.72. The second-order valence-electron chi connectivity index (χ2n) is 30.3. The zero-order chi connectivity index (χ0) is 85.0. The van der Waals surface area contributed by atoms with Crippen LogP contribution in [0.3, 0.4) is 0 Å². The number of hydrogen-bond donors (Lipinski definition) is 7. The smallest absolute Gasteiger partial charge is 0.104 e. The average molecular weight is 1650 g/mol. The Morgan fingerprint density at radius 1 is 0.167 bits per heavy atom. The summed E-state index contributed by atoms with van der Waals surface area (Å²) < 4.78 is 130. The van der Waals surface area contributed by atoms with Crippen LogP contribution < -0.4 is 40.1 Å². The molecular weight excluding hydrogens is 1470 g/mol. The van der Waals surface area contributed by atoms with Gasteiger partial charge in [-0.2, -0.15) is 0 Å². The maximum Gasteiger partial charge on any atom is 0.104 e. The van der Waals surface area contributed by atoms with E-state index >= 15 is 0 Å². The van der Waals surface area contributed by atoms with Crippen molar-refractivity contribution in [3.8, 4) is 0 Å². The minimum atomic E-state index is -0.358. The standard InChI is InChI=1S/C48H101N3O12.C38H82N4O9/c1-10-39(9)27-58-40(11-2)28-52-30-47(62-37-45(16-7)60-35-43(14-5)56-25-19-22-50)32-54-33-48(63-38-46(17-8)61-36-44(15-6)57-26-20-23-51)31-53-29-41(12-3)59-34-42(13-4)55-24-18-21-49;1-9-29(39)17-46-33(13-5)21-43-23-37(50-27-35(15-7)48-19-31(41)11-3)25-45-26-38(51-28-36(16-8)49-20-32(42)12-4)24-44-22-34(14-6)47-18-30(40)10-2/h39-48H,10-38,49-51H2,1-9H3;29-38H,9-28,39-42H2,1-8H3. The van der Waals surface area contributed by atoms with E-state index in [1.165, 1.54) is 0 Å². The molecule has 0 aliphatic carbocycles. The van der Waals surface area contributed by atoms with Gasteiger partial charge in [-0.1, -0.05) is 124 Å². The van der Waals surface area contributed by atoms with Crippen molar-refractivity contribution in [2.45, 2.75) is 355 Å². The zero-order valence-electron chi connectivity index (χ0n) is 75.8. The van der Waals surface area contributed by atoms with Crippen LogP contribution in [0.4, 0.5) is 0 Å². The predicted octanol–water partition coefficient (Wildman–Crippen LogP) is 10.4. The molecule has 688 valence electrons. The molecule has 0 saturated heterocycles. The van der Waals surface area contributed by atoms with Crippen LogP contribution in [-0.4, -0.2) is 314 Å². The van der Waals surface area contributed by atoms with Crippen LogP contribution in [0.5, 0.6) is 0 Å². The number of nitrogens with two attached hydrogens (primary N) is 7. The minimum absolute atomic E-state index is 0.00152. The fourth-order valence-corrected chi connectivity index (χ4v) is 10.3. The molecule has 114 heavy (non-hydrogen) atoms. The van der Waals surface area contributed by atoms with Gasteiger partial charge in [0.1, 0.15) is 24.4 Å². The molecule has 0 amide bonds. The lowest BCUT2D eigenvalue weighted by molar-refractivity contribution is -0.137. The van der Waals surface area contributed by atoms with Gasteiger partial charge in [-0.05, 0) is 141 Å². The summed E-state index contributed by atoms with van der Waals surface area (Å²) in [7, 11) is 0. The van der Waals surface area contributed by atoms with Gasteiger partial charge in [0.2, 0.25) is 0 Å². The molecule has 0 bridgehead atoms. The number of ether oxygens (including phenoxy) is 21. The van der Waals surface area contributed by atoms with E-state index in [2.05, 4.69) is 118 Å². The Hall–Kier alpha value is -1.12. The van der Waals surface area contributed by atoms with Crippen molar-refractivity contribution in [2.24, 2.45) is 46.1 Å². The molecule has 0 saturated carbocycles. The van der Waals surface area contributed by atoms with Crippen molar-refractivity contribution in [3.63, 3.8) is 0 Å². The average Bonchev–Trinajstić information content (AvgIpc) is 0.939. The normalized spacial score (nSPS) is 17.5. The highest BCUT2D eigenvalue weighted by Gasteiger charge is 2.25. The Labute approximate surface area is 696 Å². The van der Waals surface area contributed by atoms with Crippen LogP contribution in [0.25, 0.3) is 0 Å². The summed E-state index contributed by atoms with van der Waals surface area (Å²) in [5.41, 5.74) is 41.3. The van der Waals surface area contributed by atoms with E-state index in [0.29, 0.717) is 197 Å². The quantitative estimate of drug-likeness (QED) is 0.0278. The maximum atomic E-state index is 6.49. The second kappa shape index (κ2) is 82.8. The molecule has 28 heteroatoms. The molecule has 14 N–H and O–H groups in total. The van der Waals surface area contributed by atoms with Gasteiger partial charge in [-0.15, -0.1) is 0 Å². The SMILES string of the molecule is CCC(C)COC(CC)COCC(COCC(COCC(CC)OCC(CC)OCCCN)OCC(CC)OCC(CC)OCCCN)OCC(CC)OCC(CC)OCCCN.CCC(N)COC(CC)COCC(COCC(COCC(CC)OCC(N)CC)OCC(CC)OCC(N)CC)OCC(CC)OCC(N)CC. The lowest BCUT2D eigenvalue weighted by Crippen LogP contribution is -2.37.